The van der Waals surface area contributed by atoms with E-state index in [9.17, 15) is 4.79 Å². The molecule has 0 saturated heterocycles. The minimum absolute atomic E-state index is 0.210. The first-order valence-electron chi connectivity index (χ1n) is 9.18. The van der Waals surface area contributed by atoms with E-state index in [1.807, 2.05) is 43.3 Å². The maximum absolute atomic E-state index is 12.6. The number of hydrogen-bond acceptors (Lipinski definition) is 4. The van der Waals surface area contributed by atoms with Gasteiger partial charge in [-0.1, -0.05) is 47.2 Å². The van der Waals surface area contributed by atoms with Gasteiger partial charge in [-0.05, 0) is 43.3 Å². The van der Waals surface area contributed by atoms with Crippen molar-refractivity contribution in [1.82, 2.24) is 15.0 Å². The van der Waals surface area contributed by atoms with Crippen LogP contribution in [0, 0.1) is 6.92 Å². The molecule has 1 amide bonds. The molecule has 6 heteroatoms. The van der Waals surface area contributed by atoms with Crippen LogP contribution in [0.15, 0.2) is 79.0 Å². The molecule has 0 unspecified atom stereocenters. The van der Waals surface area contributed by atoms with E-state index in [-0.39, 0.29) is 5.91 Å². The fraction of sp³-hybridized carbons (Fsp3) is 0.0870. The van der Waals surface area contributed by atoms with Gasteiger partial charge in [-0.25, -0.2) is 4.68 Å². The first-order valence-corrected chi connectivity index (χ1v) is 9.18. The average Bonchev–Trinajstić information content (AvgIpc) is 3.24. The number of hydrogen-bond donors (Lipinski definition) is 1. The molecular weight excluding hydrogens is 364 g/mol. The van der Waals surface area contributed by atoms with Gasteiger partial charge in [-0.3, -0.25) is 4.79 Å². The molecule has 0 atom stereocenters. The fourth-order valence-electron chi connectivity index (χ4n) is 3.04. The highest BCUT2D eigenvalue weighted by atomic mass is 16.5. The number of carbonyl (C=O) groups is 1. The Labute approximate surface area is 168 Å². The Morgan fingerprint density at radius 2 is 1.69 bits per heavy atom. The minimum atomic E-state index is -0.210. The van der Waals surface area contributed by atoms with E-state index >= 15 is 0 Å². The summed E-state index contributed by atoms with van der Waals surface area (Å²) in [7, 11) is 1.57. The first-order chi connectivity index (χ1) is 14.2. The molecule has 0 saturated carbocycles. The summed E-state index contributed by atoms with van der Waals surface area (Å²) in [6.07, 6.45) is 1.73. The van der Waals surface area contributed by atoms with Gasteiger partial charge in [0.2, 0.25) is 0 Å². The molecule has 0 aliphatic heterocycles. The van der Waals surface area contributed by atoms with Crippen LogP contribution in [0.1, 0.15) is 15.9 Å². The molecule has 1 heterocycles. The number of aryl methyl sites for hydroxylation is 1. The van der Waals surface area contributed by atoms with Crippen LogP contribution in [0.25, 0.3) is 16.9 Å². The molecule has 3 aromatic carbocycles. The predicted molar refractivity (Wildman–Crippen MR) is 112 cm³/mol. The zero-order valence-electron chi connectivity index (χ0n) is 16.2. The number of nitrogens with zero attached hydrogens (tertiary/aromatic N) is 3. The number of rotatable bonds is 5. The second-order valence-electron chi connectivity index (χ2n) is 6.60. The summed E-state index contributed by atoms with van der Waals surface area (Å²) in [5.74, 6) is 0.404. The van der Waals surface area contributed by atoms with E-state index in [2.05, 4.69) is 27.8 Å². The van der Waals surface area contributed by atoms with E-state index in [0.717, 1.165) is 16.9 Å². The highest BCUT2D eigenvalue weighted by Gasteiger charge is 2.12. The van der Waals surface area contributed by atoms with E-state index < -0.39 is 0 Å². The highest BCUT2D eigenvalue weighted by molar-refractivity contribution is 6.05. The third-order valence-electron chi connectivity index (χ3n) is 4.63. The maximum Gasteiger partial charge on any atom is 0.255 e. The van der Waals surface area contributed by atoms with Crippen molar-refractivity contribution in [3.8, 4) is 22.7 Å². The number of nitrogens with one attached hydrogen (secondary N) is 1. The smallest absolute Gasteiger partial charge is 0.255 e. The monoisotopic (exact) mass is 384 g/mol. The molecule has 0 bridgehead atoms. The number of anilines is 1. The Bertz CT molecular complexity index is 1130. The topological polar surface area (TPSA) is 69.0 Å². The maximum atomic E-state index is 12.6. The Morgan fingerprint density at radius 1 is 0.966 bits per heavy atom. The van der Waals surface area contributed by atoms with Gasteiger partial charge >= 0.3 is 0 Å². The van der Waals surface area contributed by atoms with Gasteiger partial charge in [0, 0.05) is 11.1 Å². The Kier molecular flexibility index (Phi) is 5.07. The van der Waals surface area contributed by atoms with E-state index in [0.29, 0.717) is 17.0 Å². The van der Waals surface area contributed by atoms with E-state index in [1.165, 1.54) is 5.56 Å². The summed E-state index contributed by atoms with van der Waals surface area (Å²) in [6, 6.07) is 22.7. The minimum Gasteiger partial charge on any atom is -0.495 e. The van der Waals surface area contributed by atoms with Gasteiger partial charge < -0.3 is 10.1 Å². The summed E-state index contributed by atoms with van der Waals surface area (Å²) in [5.41, 5.74) is 5.10. The number of carbonyl (C=O) groups excluding carboxylic acids is 1. The standard InChI is InChI=1S/C23H20N4O2/c1-16-7-9-17(10-8-16)21-15-24-26-27(21)19-13-11-18(12-14-19)23(28)25-20-5-3-4-6-22(20)29-2/h3-15H,1-2H3,(H,25,28). The lowest BCUT2D eigenvalue weighted by Crippen LogP contribution is -2.12. The van der Waals surface area contributed by atoms with Crippen molar-refractivity contribution in [3.05, 3.63) is 90.1 Å². The molecule has 1 N–H and O–H groups in total. The molecule has 4 aromatic rings. The molecule has 0 aliphatic carbocycles. The molecule has 144 valence electrons. The number of para-hydroxylation sites is 2. The second-order valence-corrected chi connectivity index (χ2v) is 6.60. The normalized spacial score (nSPS) is 10.6. The molecular formula is C23H20N4O2. The molecule has 6 nitrogen and oxygen atoms in total. The van der Waals surface area contributed by atoms with Gasteiger partial charge in [0.05, 0.1) is 30.4 Å². The van der Waals surface area contributed by atoms with Crippen molar-refractivity contribution >= 4 is 11.6 Å². The Morgan fingerprint density at radius 3 is 2.41 bits per heavy atom. The van der Waals surface area contributed by atoms with Crippen molar-refractivity contribution in [1.29, 1.82) is 0 Å². The largest absolute Gasteiger partial charge is 0.495 e. The van der Waals surface area contributed by atoms with Crippen LogP contribution < -0.4 is 10.1 Å². The molecule has 1 aromatic heterocycles. The van der Waals surface area contributed by atoms with Gasteiger partial charge in [-0.15, -0.1) is 5.10 Å². The van der Waals surface area contributed by atoms with Crippen LogP contribution in [0.5, 0.6) is 5.75 Å². The lowest BCUT2D eigenvalue weighted by molar-refractivity contribution is 0.102. The summed E-state index contributed by atoms with van der Waals surface area (Å²) in [5, 5.41) is 11.1. The second kappa shape index (κ2) is 7.98. The van der Waals surface area contributed by atoms with E-state index in [1.54, 1.807) is 42.3 Å². The SMILES string of the molecule is COc1ccccc1NC(=O)c1ccc(-n2nncc2-c2ccc(C)cc2)cc1. The zero-order chi connectivity index (χ0) is 20.2. The number of benzene rings is 3. The highest BCUT2D eigenvalue weighted by Crippen LogP contribution is 2.25. The molecule has 0 fully saturated rings. The lowest BCUT2D eigenvalue weighted by atomic mass is 10.1. The van der Waals surface area contributed by atoms with Crippen LogP contribution in [0.4, 0.5) is 5.69 Å². The van der Waals surface area contributed by atoms with E-state index in [4.69, 9.17) is 4.74 Å². The van der Waals surface area contributed by atoms with Crippen LogP contribution in [0.3, 0.4) is 0 Å². The lowest BCUT2D eigenvalue weighted by Gasteiger charge is -2.11. The number of methoxy groups -OCH3 is 1. The quantitative estimate of drug-likeness (QED) is 0.550. The van der Waals surface area contributed by atoms with Gasteiger partial charge in [-0.2, -0.15) is 0 Å². The van der Waals surface area contributed by atoms with Crippen molar-refractivity contribution < 1.29 is 9.53 Å². The third kappa shape index (κ3) is 3.87. The van der Waals surface area contributed by atoms with Gasteiger partial charge in [0.25, 0.3) is 5.91 Å². The molecule has 0 spiro atoms. The van der Waals surface area contributed by atoms with Crippen molar-refractivity contribution in [2.24, 2.45) is 0 Å². The predicted octanol–water partition coefficient (Wildman–Crippen LogP) is 4.50. The van der Waals surface area contributed by atoms with Crippen molar-refractivity contribution in [3.63, 3.8) is 0 Å². The van der Waals surface area contributed by atoms with Crippen LogP contribution >= 0.6 is 0 Å². The van der Waals surface area contributed by atoms with Crippen LogP contribution in [0.2, 0.25) is 0 Å². The summed E-state index contributed by atoms with van der Waals surface area (Å²) >= 11 is 0. The summed E-state index contributed by atoms with van der Waals surface area (Å²) in [4.78, 5) is 12.6. The Balaban J connectivity index is 1.57. The van der Waals surface area contributed by atoms with Crippen molar-refractivity contribution in [2.75, 3.05) is 12.4 Å². The van der Waals surface area contributed by atoms with Crippen LogP contribution in [-0.4, -0.2) is 28.0 Å². The van der Waals surface area contributed by atoms with Crippen LogP contribution in [-0.2, 0) is 0 Å². The summed E-state index contributed by atoms with van der Waals surface area (Å²) < 4.78 is 7.04. The number of amides is 1. The van der Waals surface area contributed by atoms with Gasteiger partial charge in [0.15, 0.2) is 0 Å². The Hall–Kier alpha value is -3.93. The summed E-state index contributed by atoms with van der Waals surface area (Å²) in [6.45, 7) is 2.05. The van der Waals surface area contributed by atoms with Gasteiger partial charge in [0.1, 0.15) is 5.75 Å². The molecule has 0 radical (unpaired) electrons. The van der Waals surface area contributed by atoms with Crippen molar-refractivity contribution in [2.45, 2.75) is 6.92 Å². The molecule has 4 rings (SSSR count). The zero-order valence-corrected chi connectivity index (χ0v) is 16.2. The first kappa shape index (κ1) is 18.4. The molecule has 29 heavy (non-hydrogen) atoms. The fourth-order valence-corrected chi connectivity index (χ4v) is 3.04. The number of aromatic nitrogens is 3. The average molecular weight is 384 g/mol. The number of ether oxygens (including phenoxy) is 1. The molecule has 0 aliphatic rings. The third-order valence-corrected chi connectivity index (χ3v) is 4.63.